The molecule has 0 spiro atoms. The van der Waals surface area contributed by atoms with Gasteiger partial charge >= 0.3 is 0 Å². The Hall–Kier alpha value is -1.62. The van der Waals surface area contributed by atoms with Gasteiger partial charge in [0.2, 0.25) is 5.95 Å². The van der Waals surface area contributed by atoms with Crippen molar-refractivity contribution in [2.45, 2.75) is 26.3 Å². The lowest BCUT2D eigenvalue weighted by molar-refractivity contribution is 0.791. The highest BCUT2D eigenvalue weighted by molar-refractivity contribution is 7.09. The highest BCUT2D eigenvalue weighted by atomic mass is 32.1. The summed E-state index contributed by atoms with van der Waals surface area (Å²) in [5.74, 6) is 1.55. The summed E-state index contributed by atoms with van der Waals surface area (Å²) in [6.45, 7) is 4.18. The molecule has 0 bridgehead atoms. The van der Waals surface area contributed by atoms with E-state index in [1.807, 2.05) is 20.2 Å². The van der Waals surface area contributed by atoms with Crippen LogP contribution in [0.3, 0.4) is 0 Å². The van der Waals surface area contributed by atoms with Crippen molar-refractivity contribution >= 4 is 23.1 Å². The topological polar surface area (TPSA) is 49.8 Å². The van der Waals surface area contributed by atoms with E-state index in [-0.39, 0.29) is 0 Å². The van der Waals surface area contributed by atoms with Crippen LogP contribution >= 0.6 is 11.3 Å². The summed E-state index contributed by atoms with van der Waals surface area (Å²) < 4.78 is 0. The predicted octanol–water partition coefficient (Wildman–Crippen LogP) is 2.93. The number of nitrogens with one attached hydrogen (secondary N) is 2. The Morgan fingerprint density at radius 2 is 2.28 bits per heavy atom. The molecule has 96 valence electrons. The number of hydrogen-bond acceptors (Lipinski definition) is 5. The first kappa shape index (κ1) is 12.8. The van der Waals surface area contributed by atoms with Crippen LogP contribution in [0.1, 0.15) is 17.4 Å². The number of anilines is 2. The molecule has 18 heavy (non-hydrogen) atoms. The van der Waals surface area contributed by atoms with Crippen LogP contribution < -0.4 is 10.6 Å². The summed E-state index contributed by atoms with van der Waals surface area (Å²) in [6, 6.07) is 4.60. The molecule has 0 saturated heterocycles. The molecule has 0 radical (unpaired) electrons. The van der Waals surface area contributed by atoms with Gasteiger partial charge in [0, 0.05) is 36.1 Å². The lowest BCUT2D eigenvalue weighted by Gasteiger charge is -2.15. The third-order valence-electron chi connectivity index (χ3n) is 2.67. The molecule has 5 heteroatoms. The number of thiophene rings is 1. The van der Waals surface area contributed by atoms with Crippen LogP contribution in [0.4, 0.5) is 11.8 Å². The second kappa shape index (κ2) is 5.82. The Bertz CT molecular complexity index is 496. The number of hydrogen-bond donors (Lipinski definition) is 2. The van der Waals surface area contributed by atoms with Gasteiger partial charge in [-0.25, -0.2) is 4.98 Å². The average molecular weight is 262 g/mol. The second-order valence-electron chi connectivity index (χ2n) is 4.30. The van der Waals surface area contributed by atoms with Crippen molar-refractivity contribution in [2.24, 2.45) is 0 Å². The number of nitrogens with zero attached hydrogens (tertiary/aromatic N) is 2. The van der Waals surface area contributed by atoms with E-state index in [1.54, 1.807) is 11.3 Å². The van der Waals surface area contributed by atoms with Crippen molar-refractivity contribution in [1.29, 1.82) is 0 Å². The lowest BCUT2D eigenvalue weighted by Crippen LogP contribution is -2.19. The standard InChI is InChI=1S/C13H18N4S/c1-9-8-15-13(14-3)17-12(9)16-10(2)7-11-5-4-6-18-11/h4-6,8,10H,7H2,1-3H3,(H2,14,15,16,17). The van der Waals surface area contributed by atoms with Crippen molar-refractivity contribution in [1.82, 2.24) is 9.97 Å². The van der Waals surface area contributed by atoms with Crippen molar-refractivity contribution in [3.05, 3.63) is 34.2 Å². The van der Waals surface area contributed by atoms with Crippen LogP contribution in [0.25, 0.3) is 0 Å². The van der Waals surface area contributed by atoms with Crippen molar-refractivity contribution in [2.75, 3.05) is 17.7 Å². The number of aryl methyl sites for hydroxylation is 1. The normalized spacial score (nSPS) is 12.2. The van der Waals surface area contributed by atoms with E-state index >= 15 is 0 Å². The number of rotatable bonds is 5. The zero-order chi connectivity index (χ0) is 13.0. The third kappa shape index (κ3) is 3.20. The predicted molar refractivity (Wildman–Crippen MR) is 77.4 cm³/mol. The van der Waals surface area contributed by atoms with Gasteiger partial charge in [-0.3, -0.25) is 0 Å². The third-order valence-corrected chi connectivity index (χ3v) is 3.56. The van der Waals surface area contributed by atoms with Gasteiger partial charge in [-0.05, 0) is 25.3 Å². The van der Waals surface area contributed by atoms with Crippen LogP contribution in [0.15, 0.2) is 23.7 Å². The largest absolute Gasteiger partial charge is 0.367 e. The molecule has 2 N–H and O–H groups in total. The molecule has 2 aromatic rings. The monoisotopic (exact) mass is 262 g/mol. The van der Waals surface area contributed by atoms with E-state index in [0.717, 1.165) is 17.8 Å². The Balaban J connectivity index is 2.04. The fourth-order valence-electron chi connectivity index (χ4n) is 1.72. The summed E-state index contributed by atoms with van der Waals surface area (Å²) in [4.78, 5) is 10.00. The summed E-state index contributed by atoms with van der Waals surface area (Å²) in [5.41, 5.74) is 1.06. The van der Waals surface area contributed by atoms with Gasteiger partial charge in [0.1, 0.15) is 5.82 Å². The van der Waals surface area contributed by atoms with E-state index in [4.69, 9.17) is 0 Å². The zero-order valence-electron chi connectivity index (χ0n) is 10.9. The van der Waals surface area contributed by atoms with Gasteiger partial charge in [-0.15, -0.1) is 11.3 Å². The SMILES string of the molecule is CNc1ncc(C)c(NC(C)Cc2cccs2)n1. The second-order valence-corrected chi connectivity index (χ2v) is 5.34. The number of aromatic nitrogens is 2. The van der Waals surface area contributed by atoms with E-state index < -0.39 is 0 Å². The van der Waals surface area contributed by atoms with Crippen LogP contribution in [0.2, 0.25) is 0 Å². The smallest absolute Gasteiger partial charge is 0.224 e. The molecule has 0 fully saturated rings. The fourth-order valence-corrected chi connectivity index (χ4v) is 2.56. The Morgan fingerprint density at radius 1 is 1.44 bits per heavy atom. The molecule has 0 aliphatic heterocycles. The highest BCUT2D eigenvalue weighted by Crippen LogP contribution is 2.16. The molecule has 0 aliphatic carbocycles. The maximum Gasteiger partial charge on any atom is 0.224 e. The molecule has 4 nitrogen and oxygen atoms in total. The Labute approximate surface area is 111 Å². The van der Waals surface area contributed by atoms with Gasteiger partial charge in [0.25, 0.3) is 0 Å². The van der Waals surface area contributed by atoms with Crippen LogP contribution in [0.5, 0.6) is 0 Å². The molecule has 0 aromatic carbocycles. The minimum absolute atomic E-state index is 0.349. The molecular weight excluding hydrogens is 244 g/mol. The molecule has 1 atom stereocenters. The van der Waals surface area contributed by atoms with E-state index in [1.165, 1.54) is 4.88 Å². The fraction of sp³-hybridized carbons (Fsp3) is 0.385. The molecule has 0 aliphatic rings. The van der Waals surface area contributed by atoms with E-state index in [9.17, 15) is 0 Å². The summed E-state index contributed by atoms with van der Waals surface area (Å²) in [7, 11) is 1.82. The average Bonchev–Trinajstić information content (AvgIpc) is 2.84. The molecule has 1 unspecified atom stereocenters. The summed E-state index contributed by atoms with van der Waals surface area (Å²) in [5, 5.41) is 8.50. The summed E-state index contributed by atoms with van der Waals surface area (Å²) in [6.07, 6.45) is 2.84. The van der Waals surface area contributed by atoms with Crippen LogP contribution in [0, 0.1) is 6.92 Å². The van der Waals surface area contributed by atoms with Crippen LogP contribution in [-0.2, 0) is 6.42 Å². The minimum Gasteiger partial charge on any atom is -0.367 e. The van der Waals surface area contributed by atoms with Gasteiger partial charge < -0.3 is 10.6 Å². The Kier molecular flexibility index (Phi) is 4.15. The van der Waals surface area contributed by atoms with Crippen molar-refractivity contribution in [3.63, 3.8) is 0 Å². The highest BCUT2D eigenvalue weighted by Gasteiger charge is 2.08. The van der Waals surface area contributed by atoms with Crippen molar-refractivity contribution < 1.29 is 0 Å². The van der Waals surface area contributed by atoms with Gasteiger partial charge in [-0.1, -0.05) is 6.07 Å². The molecule has 2 aromatic heterocycles. The van der Waals surface area contributed by atoms with Crippen molar-refractivity contribution in [3.8, 4) is 0 Å². The zero-order valence-corrected chi connectivity index (χ0v) is 11.7. The first-order valence-corrected chi connectivity index (χ1v) is 6.87. The van der Waals surface area contributed by atoms with Gasteiger partial charge in [0.05, 0.1) is 0 Å². The quantitative estimate of drug-likeness (QED) is 0.870. The maximum absolute atomic E-state index is 4.43. The van der Waals surface area contributed by atoms with Gasteiger partial charge in [-0.2, -0.15) is 4.98 Å². The summed E-state index contributed by atoms with van der Waals surface area (Å²) >= 11 is 1.79. The minimum atomic E-state index is 0.349. The molecule has 2 heterocycles. The molecule has 2 rings (SSSR count). The van der Waals surface area contributed by atoms with E-state index in [0.29, 0.717) is 12.0 Å². The molecule has 0 saturated carbocycles. The maximum atomic E-state index is 4.43. The van der Waals surface area contributed by atoms with E-state index in [2.05, 4.69) is 45.0 Å². The lowest BCUT2D eigenvalue weighted by atomic mass is 10.2. The first-order chi connectivity index (χ1) is 8.69. The first-order valence-electron chi connectivity index (χ1n) is 5.99. The van der Waals surface area contributed by atoms with Crippen LogP contribution in [-0.4, -0.2) is 23.1 Å². The van der Waals surface area contributed by atoms with Gasteiger partial charge in [0.15, 0.2) is 0 Å². The molecule has 0 amide bonds. The molecular formula is C13H18N4S. The Morgan fingerprint density at radius 3 is 2.94 bits per heavy atom.